The Morgan fingerprint density at radius 2 is 2.00 bits per heavy atom. The molecular formula is C16H24FNO. The van der Waals surface area contributed by atoms with Gasteiger partial charge in [-0.3, -0.25) is 4.79 Å². The van der Waals surface area contributed by atoms with Gasteiger partial charge in [0.05, 0.1) is 5.69 Å². The molecule has 3 heteroatoms. The average Bonchev–Trinajstić information content (AvgIpc) is 3.23. The van der Waals surface area contributed by atoms with Gasteiger partial charge in [0.1, 0.15) is 5.82 Å². The summed E-state index contributed by atoms with van der Waals surface area (Å²) in [6.45, 7) is 8.02. The van der Waals surface area contributed by atoms with Crippen LogP contribution in [0.15, 0.2) is 18.2 Å². The number of rotatable bonds is 4. The van der Waals surface area contributed by atoms with E-state index in [1.54, 1.807) is 12.1 Å². The van der Waals surface area contributed by atoms with Crippen molar-refractivity contribution in [3.63, 3.8) is 0 Å². The van der Waals surface area contributed by atoms with Gasteiger partial charge in [-0.05, 0) is 42.9 Å². The molecule has 19 heavy (non-hydrogen) atoms. The van der Waals surface area contributed by atoms with E-state index in [9.17, 15) is 9.18 Å². The molecule has 0 unspecified atom stereocenters. The van der Waals surface area contributed by atoms with Gasteiger partial charge in [-0.25, -0.2) is 4.39 Å². The van der Waals surface area contributed by atoms with Crippen LogP contribution in [0.4, 0.5) is 10.1 Å². The minimum atomic E-state index is -0.280. The smallest absolute Gasteiger partial charge is 0.223 e. The highest BCUT2D eigenvalue weighted by molar-refractivity contribution is 5.91. The highest BCUT2D eigenvalue weighted by Gasteiger charge is 2.25. The topological polar surface area (TPSA) is 20.3 Å². The molecular weight excluding hydrogens is 241 g/mol. The van der Waals surface area contributed by atoms with Crippen molar-refractivity contribution >= 4 is 11.6 Å². The first-order chi connectivity index (χ1) is 9.13. The summed E-state index contributed by atoms with van der Waals surface area (Å²) in [6, 6.07) is 5.26. The molecule has 0 aromatic heterocycles. The minimum Gasteiger partial charge on any atom is -0.310 e. The van der Waals surface area contributed by atoms with Crippen LogP contribution in [0.2, 0.25) is 0 Å². The second-order valence-electron chi connectivity index (χ2n) is 4.66. The van der Waals surface area contributed by atoms with Gasteiger partial charge in [0.2, 0.25) is 5.91 Å². The first-order valence-corrected chi connectivity index (χ1v) is 7.21. The zero-order valence-electron chi connectivity index (χ0n) is 12.4. The van der Waals surface area contributed by atoms with E-state index in [1.807, 2.05) is 26.8 Å². The van der Waals surface area contributed by atoms with Crippen molar-refractivity contribution in [1.29, 1.82) is 0 Å². The summed E-state index contributed by atoms with van der Waals surface area (Å²) < 4.78 is 14.0. The molecule has 1 aromatic carbocycles. The number of halogens is 1. The molecule has 1 aliphatic carbocycles. The Hall–Kier alpha value is -1.38. The van der Waals surface area contributed by atoms with Gasteiger partial charge >= 0.3 is 0 Å². The summed E-state index contributed by atoms with van der Waals surface area (Å²) in [5.74, 6) is 0.151. The molecule has 0 N–H and O–H groups in total. The fraction of sp³-hybridized carbons (Fsp3) is 0.562. The molecule has 2 rings (SSSR count). The summed E-state index contributed by atoms with van der Waals surface area (Å²) in [5.41, 5.74) is 1.47. The number of carbonyl (C=O) groups excluding carboxylic acids is 1. The van der Waals surface area contributed by atoms with Crippen molar-refractivity contribution < 1.29 is 9.18 Å². The van der Waals surface area contributed by atoms with Crippen LogP contribution in [0.5, 0.6) is 0 Å². The summed E-state index contributed by atoms with van der Waals surface area (Å²) >= 11 is 0. The lowest BCUT2D eigenvalue weighted by molar-refractivity contribution is -0.116. The molecule has 0 spiro atoms. The highest BCUT2D eigenvalue weighted by Crippen LogP contribution is 2.41. The third-order valence-electron chi connectivity index (χ3n) is 3.14. The first kappa shape index (κ1) is 15.7. The van der Waals surface area contributed by atoms with Crippen LogP contribution in [0.1, 0.15) is 58.4 Å². The van der Waals surface area contributed by atoms with Crippen LogP contribution < -0.4 is 4.90 Å². The third kappa shape index (κ3) is 4.05. The standard InChI is InChI=1S/C14H18FNO.C2H6/c1-3-8-16(10(2)17)14-7-6-12(9-13(14)15)11-4-5-11;1-2/h6-7,9,11H,3-5,8H2,1-2H3;1-2H3. The normalized spacial score (nSPS) is 13.5. The molecule has 1 fully saturated rings. The van der Waals surface area contributed by atoms with Crippen molar-refractivity contribution in [2.24, 2.45) is 0 Å². The molecule has 0 aliphatic heterocycles. The van der Waals surface area contributed by atoms with Gasteiger partial charge in [0.25, 0.3) is 0 Å². The molecule has 0 bridgehead atoms. The molecule has 0 saturated heterocycles. The Balaban J connectivity index is 0.000000861. The van der Waals surface area contributed by atoms with E-state index < -0.39 is 0 Å². The number of benzene rings is 1. The zero-order valence-corrected chi connectivity index (χ0v) is 12.4. The van der Waals surface area contributed by atoms with Crippen LogP contribution >= 0.6 is 0 Å². The number of hydrogen-bond donors (Lipinski definition) is 0. The predicted molar refractivity (Wildman–Crippen MR) is 78.0 cm³/mol. The fourth-order valence-corrected chi connectivity index (χ4v) is 2.08. The number of anilines is 1. The van der Waals surface area contributed by atoms with Crippen LogP contribution in [0.25, 0.3) is 0 Å². The number of amides is 1. The Kier molecular flexibility index (Phi) is 6.00. The largest absolute Gasteiger partial charge is 0.310 e. The third-order valence-corrected chi connectivity index (χ3v) is 3.14. The molecule has 0 radical (unpaired) electrons. The maximum Gasteiger partial charge on any atom is 0.223 e. The Labute approximate surface area is 115 Å². The van der Waals surface area contributed by atoms with Crippen molar-refractivity contribution in [3.05, 3.63) is 29.6 Å². The molecule has 0 atom stereocenters. The molecule has 0 heterocycles. The Bertz CT molecular complexity index is 427. The second-order valence-corrected chi connectivity index (χ2v) is 4.66. The van der Waals surface area contributed by atoms with Crippen LogP contribution in [0.3, 0.4) is 0 Å². The van der Waals surface area contributed by atoms with E-state index in [0.29, 0.717) is 18.2 Å². The number of hydrogen-bond acceptors (Lipinski definition) is 1. The molecule has 1 aliphatic rings. The molecule has 1 saturated carbocycles. The van der Waals surface area contributed by atoms with Gasteiger partial charge in [0, 0.05) is 13.5 Å². The van der Waals surface area contributed by atoms with Gasteiger partial charge in [-0.1, -0.05) is 26.8 Å². The van der Waals surface area contributed by atoms with Crippen molar-refractivity contribution in [1.82, 2.24) is 0 Å². The van der Waals surface area contributed by atoms with Gasteiger partial charge < -0.3 is 4.90 Å². The summed E-state index contributed by atoms with van der Waals surface area (Å²) in [6.07, 6.45) is 3.14. The summed E-state index contributed by atoms with van der Waals surface area (Å²) in [5, 5.41) is 0. The van der Waals surface area contributed by atoms with Crippen molar-refractivity contribution in [2.75, 3.05) is 11.4 Å². The van der Waals surface area contributed by atoms with Gasteiger partial charge in [-0.15, -0.1) is 0 Å². The molecule has 1 aromatic rings. The van der Waals surface area contributed by atoms with Crippen molar-refractivity contribution in [3.8, 4) is 0 Å². The minimum absolute atomic E-state index is 0.107. The highest BCUT2D eigenvalue weighted by atomic mass is 19.1. The zero-order chi connectivity index (χ0) is 14.4. The summed E-state index contributed by atoms with van der Waals surface area (Å²) in [7, 11) is 0. The van der Waals surface area contributed by atoms with E-state index in [1.165, 1.54) is 11.8 Å². The quantitative estimate of drug-likeness (QED) is 0.785. The average molecular weight is 265 g/mol. The monoisotopic (exact) mass is 265 g/mol. The van der Waals surface area contributed by atoms with E-state index >= 15 is 0 Å². The van der Waals surface area contributed by atoms with E-state index in [4.69, 9.17) is 0 Å². The molecule has 2 nitrogen and oxygen atoms in total. The fourth-order valence-electron chi connectivity index (χ4n) is 2.08. The lowest BCUT2D eigenvalue weighted by atomic mass is 10.1. The number of carbonyl (C=O) groups is 1. The van der Waals surface area contributed by atoms with Crippen LogP contribution in [-0.2, 0) is 4.79 Å². The maximum absolute atomic E-state index is 14.0. The Morgan fingerprint density at radius 3 is 2.42 bits per heavy atom. The summed E-state index contributed by atoms with van der Waals surface area (Å²) in [4.78, 5) is 13.0. The van der Waals surface area contributed by atoms with Crippen molar-refractivity contribution in [2.45, 2.75) is 52.9 Å². The first-order valence-electron chi connectivity index (χ1n) is 7.21. The lowest BCUT2D eigenvalue weighted by Gasteiger charge is -2.21. The lowest BCUT2D eigenvalue weighted by Crippen LogP contribution is -2.30. The molecule has 1 amide bonds. The van der Waals surface area contributed by atoms with E-state index in [0.717, 1.165) is 24.8 Å². The van der Waals surface area contributed by atoms with Gasteiger partial charge in [-0.2, -0.15) is 0 Å². The SMILES string of the molecule is CC.CCCN(C(C)=O)c1ccc(C2CC2)cc1F. The predicted octanol–water partition coefficient (Wildman–Crippen LogP) is 4.49. The van der Waals surface area contributed by atoms with E-state index in [-0.39, 0.29) is 11.7 Å². The van der Waals surface area contributed by atoms with Crippen LogP contribution in [0, 0.1) is 5.82 Å². The van der Waals surface area contributed by atoms with E-state index in [2.05, 4.69) is 0 Å². The Morgan fingerprint density at radius 1 is 1.37 bits per heavy atom. The van der Waals surface area contributed by atoms with Gasteiger partial charge in [0.15, 0.2) is 0 Å². The van der Waals surface area contributed by atoms with Crippen LogP contribution in [-0.4, -0.2) is 12.5 Å². The number of nitrogens with zero attached hydrogens (tertiary/aromatic N) is 1. The second kappa shape index (κ2) is 7.27. The maximum atomic E-state index is 14.0. The molecule has 106 valence electrons.